The summed E-state index contributed by atoms with van der Waals surface area (Å²) in [6.07, 6.45) is 1.91. The first kappa shape index (κ1) is 40.2. The summed E-state index contributed by atoms with van der Waals surface area (Å²) >= 11 is 1.38. The van der Waals surface area contributed by atoms with Crippen molar-refractivity contribution in [3.63, 3.8) is 0 Å². The molecule has 1 amide bonds. The number of anilines is 1. The quantitative estimate of drug-likeness (QED) is 0.271. The average molecular weight is 629 g/mol. The molecule has 1 aromatic heterocycles. The molecule has 0 spiro atoms. The Labute approximate surface area is 261 Å². The van der Waals surface area contributed by atoms with E-state index in [0.717, 1.165) is 31.7 Å². The van der Waals surface area contributed by atoms with Gasteiger partial charge in [-0.05, 0) is 81.5 Å². The van der Waals surface area contributed by atoms with Crippen molar-refractivity contribution in [3.05, 3.63) is 47.2 Å². The van der Waals surface area contributed by atoms with Crippen molar-refractivity contribution in [2.75, 3.05) is 18.3 Å². The second kappa shape index (κ2) is 20.3. The van der Waals surface area contributed by atoms with Crippen LogP contribution in [0.15, 0.2) is 30.5 Å². The lowest BCUT2D eigenvalue weighted by molar-refractivity contribution is -0.139. The van der Waals surface area contributed by atoms with Crippen LogP contribution in [0.2, 0.25) is 0 Å². The number of methoxy groups -OCH3 is 1. The number of benzene rings is 1. The van der Waals surface area contributed by atoms with Crippen LogP contribution in [0.5, 0.6) is 11.6 Å². The normalized spacial score (nSPS) is 15.9. The van der Waals surface area contributed by atoms with Gasteiger partial charge in [0.15, 0.2) is 0 Å². The van der Waals surface area contributed by atoms with Crippen LogP contribution in [0.1, 0.15) is 109 Å². The molecule has 0 radical (unpaired) electrons. The van der Waals surface area contributed by atoms with Gasteiger partial charge in [0, 0.05) is 23.9 Å². The van der Waals surface area contributed by atoms with E-state index in [1.165, 1.54) is 43.3 Å². The number of pyridine rings is 1. The summed E-state index contributed by atoms with van der Waals surface area (Å²) in [6.45, 7) is 17.9. The summed E-state index contributed by atoms with van der Waals surface area (Å²) in [5.41, 5.74) is -0.231. The topological polar surface area (TPSA) is 68.7 Å². The third-order valence-electron chi connectivity index (χ3n) is 6.49. The third-order valence-corrected chi connectivity index (χ3v) is 7.11. The van der Waals surface area contributed by atoms with Crippen LogP contribution in [0.3, 0.4) is 0 Å². The first-order chi connectivity index (χ1) is 20.5. The first-order valence-electron chi connectivity index (χ1n) is 15.2. The van der Waals surface area contributed by atoms with Gasteiger partial charge in [0.05, 0.1) is 18.4 Å². The number of hydrogen-bond donors (Lipinski definition) is 0. The molecule has 1 heterocycles. The number of halogens is 3. The number of nitrogens with zero attached hydrogens (tertiary/aromatic N) is 2. The van der Waals surface area contributed by atoms with Crippen LogP contribution in [-0.2, 0) is 21.5 Å². The van der Waals surface area contributed by atoms with Crippen molar-refractivity contribution in [3.8, 4) is 11.6 Å². The predicted molar refractivity (Wildman–Crippen MR) is 172 cm³/mol. The van der Waals surface area contributed by atoms with E-state index in [0.29, 0.717) is 22.9 Å². The number of aromatic nitrogens is 1. The van der Waals surface area contributed by atoms with Gasteiger partial charge in [-0.3, -0.25) is 4.79 Å². The van der Waals surface area contributed by atoms with Crippen LogP contribution in [0, 0.1) is 11.8 Å². The number of alkyl halides is 3. The van der Waals surface area contributed by atoms with Crippen LogP contribution in [0.4, 0.5) is 18.9 Å². The van der Waals surface area contributed by atoms with Crippen LogP contribution < -0.4 is 9.64 Å². The summed E-state index contributed by atoms with van der Waals surface area (Å²) in [4.78, 5) is 31.7. The first-order valence-corrected chi connectivity index (χ1v) is 16.6. The zero-order valence-electron chi connectivity index (χ0n) is 27.7. The van der Waals surface area contributed by atoms with E-state index in [4.69, 9.17) is 9.47 Å². The number of carbonyl (C=O) groups excluding carboxylic acids is 2. The molecule has 3 rings (SSSR count). The number of carbonyl (C=O) groups is 2. The molecule has 0 bridgehead atoms. The second-order valence-corrected chi connectivity index (χ2v) is 10.5. The molecule has 0 saturated heterocycles. The molecular formula is C33H51F3N2O4S. The molecule has 1 aliphatic rings. The molecule has 43 heavy (non-hydrogen) atoms. The maximum Gasteiger partial charge on any atom is 0.421 e. The maximum absolute atomic E-state index is 13.7. The second-order valence-electron chi connectivity index (χ2n) is 9.66. The molecular weight excluding hydrogens is 577 g/mol. The average Bonchev–Trinajstić information content (AvgIpc) is 3.01. The molecule has 0 atom stereocenters. The van der Waals surface area contributed by atoms with Crippen molar-refractivity contribution in [1.82, 2.24) is 4.98 Å². The minimum atomic E-state index is -4.68. The summed E-state index contributed by atoms with van der Waals surface area (Å²) in [7, 11) is 1.21. The SMILES string of the molecule is CC.CC.CC.COC(=O)c1cc(Oc2ncc(CSC)cc2C(F)(F)F)ccc1N(C(=O)C1CCC(C)CC1)C(C)C. The maximum atomic E-state index is 13.7. The molecule has 2 aromatic rings. The van der Waals surface area contributed by atoms with Crippen molar-refractivity contribution < 1.29 is 32.2 Å². The minimum absolute atomic E-state index is 0.0255. The molecule has 10 heteroatoms. The molecule has 1 saturated carbocycles. The fourth-order valence-corrected chi connectivity index (χ4v) is 5.05. The number of amides is 1. The van der Waals surface area contributed by atoms with Gasteiger partial charge >= 0.3 is 12.1 Å². The Bertz CT molecular complexity index is 1120. The van der Waals surface area contributed by atoms with E-state index < -0.39 is 23.6 Å². The van der Waals surface area contributed by atoms with E-state index in [2.05, 4.69) is 11.9 Å². The fourth-order valence-electron chi connectivity index (χ4n) is 4.55. The highest BCUT2D eigenvalue weighted by Crippen LogP contribution is 2.39. The summed E-state index contributed by atoms with van der Waals surface area (Å²) in [6, 6.07) is 5.00. The van der Waals surface area contributed by atoms with E-state index in [1.54, 1.807) is 11.2 Å². The Kier molecular flexibility index (Phi) is 19.0. The Balaban J connectivity index is 0.00000276. The lowest BCUT2D eigenvalue weighted by atomic mass is 9.82. The molecule has 6 nitrogen and oxygen atoms in total. The number of hydrogen-bond acceptors (Lipinski definition) is 6. The predicted octanol–water partition coefficient (Wildman–Crippen LogP) is 10.2. The largest absolute Gasteiger partial charge is 0.465 e. The molecule has 0 N–H and O–H groups in total. The van der Waals surface area contributed by atoms with E-state index in [-0.39, 0.29) is 29.2 Å². The van der Waals surface area contributed by atoms with Gasteiger partial charge in [-0.25, -0.2) is 9.78 Å². The Hall–Kier alpha value is -2.75. The van der Waals surface area contributed by atoms with E-state index in [1.807, 2.05) is 55.4 Å². The lowest BCUT2D eigenvalue weighted by Crippen LogP contribution is -2.43. The highest BCUT2D eigenvalue weighted by molar-refractivity contribution is 7.97. The summed E-state index contributed by atoms with van der Waals surface area (Å²) < 4.78 is 51.7. The number of rotatable bonds is 8. The van der Waals surface area contributed by atoms with Crippen molar-refractivity contribution >= 4 is 29.3 Å². The monoisotopic (exact) mass is 628 g/mol. The Morgan fingerprint density at radius 1 is 1.02 bits per heavy atom. The van der Waals surface area contributed by atoms with Gasteiger partial charge in [-0.1, -0.05) is 48.5 Å². The van der Waals surface area contributed by atoms with Gasteiger partial charge in [-0.15, -0.1) is 0 Å². The molecule has 244 valence electrons. The standard InChI is InChI=1S/C27H33F3N2O4S.3C2H6/c1-16(2)32(25(33)19-8-6-17(3)7-9-19)23-11-10-20(13-21(23)26(34)35-4)36-24-22(27(28,29)30)12-18(14-31-24)15-37-5;3*1-2/h10-14,16-17,19H,6-9,15H2,1-5H3;3*1-2H3. The molecule has 1 aromatic carbocycles. The highest BCUT2D eigenvalue weighted by Gasteiger charge is 2.36. The minimum Gasteiger partial charge on any atom is -0.465 e. The van der Waals surface area contributed by atoms with Crippen molar-refractivity contribution in [2.24, 2.45) is 11.8 Å². The molecule has 1 fully saturated rings. The van der Waals surface area contributed by atoms with Crippen LogP contribution in [0.25, 0.3) is 0 Å². The van der Waals surface area contributed by atoms with Crippen LogP contribution >= 0.6 is 11.8 Å². The Morgan fingerprint density at radius 2 is 1.60 bits per heavy atom. The van der Waals surface area contributed by atoms with E-state index >= 15 is 0 Å². The summed E-state index contributed by atoms with van der Waals surface area (Å²) in [5.74, 6) is -0.656. The number of thioether (sulfide) groups is 1. The smallest absolute Gasteiger partial charge is 0.421 e. The Morgan fingerprint density at radius 3 is 2.09 bits per heavy atom. The highest BCUT2D eigenvalue weighted by atomic mass is 32.2. The number of esters is 1. The van der Waals surface area contributed by atoms with Crippen molar-refractivity contribution in [1.29, 1.82) is 0 Å². The van der Waals surface area contributed by atoms with Gasteiger partial charge in [-0.2, -0.15) is 24.9 Å². The van der Waals surface area contributed by atoms with Crippen LogP contribution in [-0.4, -0.2) is 36.3 Å². The van der Waals surface area contributed by atoms with E-state index in [9.17, 15) is 22.8 Å². The lowest BCUT2D eigenvalue weighted by Gasteiger charge is -2.34. The fraction of sp³-hybridized carbons (Fsp3) is 0.606. The molecule has 0 unspecified atom stereocenters. The zero-order valence-corrected chi connectivity index (χ0v) is 28.5. The van der Waals surface area contributed by atoms with Gasteiger partial charge in [0.1, 0.15) is 11.3 Å². The molecule has 0 aliphatic heterocycles. The summed E-state index contributed by atoms with van der Waals surface area (Å²) in [5, 5.41) is 0. The zero-order chi connectivity index (χ0) is 33.3. The van der Waals surface area contributed by atoms with Gasteiger partial charge < -0.3 is 14.4 Å². The number of ether oxygens (including phenoxy) is 2. The molecule has 1 aliphatic carbocycles. The van der Waals surface area contributed by atoms with Gasteiger partial charge in [0.25, 0.3) is 0 Å². The van der Waals surface area contributed by atoms with Crippen molar-refractivity contribution in [2.45, 2.75) is 106 Å². The van der Waals surface area contributed by atoms with Gasteiger partial charge in [0.2, 0.25) is 11.8 Å². The third kappa shape index (κ3) is 11.7.